The molecule has 4 rings (SSSR count). The molecule has 1 N–H and O–H groups in total. The van der Waals surface area contributed by atoms with Gasteiger partial charge >= 0.3 is 6.03 Å². The van der Waals surface area contributed by atoms with Gasteiger partial charge in [0.05, 0.1) is 0 Å². The number of rotatable bonds is 3. The number of piperidine rings is 1. The Kier molecular flexibility index (Phi) is 4.24. The summed E-state index contributed by atoms with van der Waals surface area (Å²) < 4.78 is 0. The normalized spacial score (nSPS) is 28.4. The molecule has 2 aliphatic rings. The lowest BCUT2D eigenvalue weighted by Gasteiger charge is -2.41. The van der Waals surface area contributed by atoms with E-state index in [2.05, 4.69) is 66.8 Å². The van der Waals surface area contributed by atoms with Crippen LogP contribution in [0.3, 0.4) is 0 Å². The van der Waals surface area contributed by atoms with Crippen molar-refractivity contribution in [3.63, 3.8) is 0 Å². The molecule has 1 aliphatic heterocycles. The molecule has 25 heavy (non-hydrogen) atoms. The molecule has 3 nitrogen and oxygen atoms in total. The van der Waals surface area contributed by atoms with E-state index in [9.17, 15) is 4.79 Å². The average Bonchev–Trinajstić information content (AvgIpc) is 3.42. The Hall–Kier alpha value is -2.29. The number of nitrogens with zero attached hydrogens (tertiary/aromatic N) is 1. The van der Waals surface area contributed by atoms with Gasteiger partial charge in [0.2, 0.25) is 0 Å². The van der Waals surface area contributed by atoms with E-state index in [0.29, 0.717) is 12.0 Å². The fourth-order valence-electron chi connectivity index (χ4n) is 4.16. The summed E-state index contributed by atoms with van der Waals surface area (Å²) in [7, 11) is 0. The van der Waals surface area contributed by atoms with Gasteiger partial charge in [-0.05, 0) is 30.4 Å². The molecule has 1 saturated heterocycles. The number of benzene rings is 2. The lowest BCUT2D eigenvalue weighted by Crippen LogP contribution is -2.51. The summed E-state index contributed by atoms with van der Waals surface area (Å²) in [6, 6.07) is 21.5. The lowest BCUT2D eigenvalue weighted by molar-refractivity contribution is 0.155. The monoisotopic (exact) mass is 334 g/mol. The van der Waals surface area contributed by atoms with Crippen molar-refractivity contribution in [3.05, 3.63) is 71.8 Å². The summed E-state index contributed by atoms with van der Waals surface area (Å²) in [5, 5.41) is 3.25. The van der Waals surface area contributed by atoms with Crippen LogP contribution >= 0.6 is 0 Å². The van der Waals surface area contributed by atoms with E-state index in [0.717, 1.165) is 32.4 Å². The molecular formula is C22H26N2O. The highest BCUT2D eigenvalue weighted by Crippen LogP contribution is 2.41. The number of nitrogens with one attached hydrogen (secondary N) is 1. The van der Waals surface area contributed by atoms with Crippen LogP contribution in [0.5, 0.6) is 0 Å². The van der Waals surface area contributed by atoms with Gasteiger partial charge in [0.25, 0.3) is 0 Å². The van der Waals surface area contributed by atoms with Crippen molar-refractivity contribution in [1.82, 2.24) is 10.2 Å². The number of carbonyl (C=O) groups is 1. The molecule has 0 spiro atoms. The largest absolute Gasteiger partial charge is 0.335 e. The molecule has 0 bridgehead atoms. The van der Waals surface area contributed by atoms with E-state index in [1.54, 1.807) is 0 Å². The molecule has 1 aliphatic carbocycles. The molecular weight excluding hydrogens is 308 g/mol. The zero-order valence-corrected chi connectivity index (χ0v) is 14.8. The second-order valence-corrected chi connectivity index (χ2v) is 7.76. The molecule has 1 heterocycles. The maximum absolute atomic E-state index is 12.8. The fourth-order valence-corrected chi connectivity index (χ4v) is 4.16. The molecule has 1 saturated carbocycles. The lowest BCUT2D eigenvalue weighted by atomic mass is 9.76. The van der Waals surface area contributed by atoms with Gasteiger partial charge in [-0.2, -0.15) is 0 Å². The first-order valence-corrected chi connectivity index (χ1v) is 9.32. The van der Waals surface area contributed by atoms with Gasteiger partial charge in [-0.25, -0.2) is 4.79 Å². The van der Waals surface area contributed by atoms with E-state index in [1.807, 2.05) is 11.0 Å². The Bertz CT molecular complexity index is 730. The number of amides is 2. The smallest absolute Gasteiger partial charge is 0.317 e. The standard InChI is InChI=1S/C22H26N2O/c1-22(18-11-6-3-7-12-18)13-8-14-24(16-22)21(25)23-20-15-19(20)17-9-4-2-5-10-17/h2-7,9-12,19-20H,8,13-16H2,1H3,(H,23,25)/t19-,20?,22?/m1/s1. The molecule has 0 aromatic heterocycles. The van der Waals surface area contributed by atoms with Crippen LogP contribution in [0.4, 0.5) is 4.79 Å². The summed E-state index contributed by atoms with van der Waals surface area (Å²) >= 11 is 0. The van der Waals surface area contributed by atoms with Gasteiger partial charge < -0.3 is 10.2 Å². The maximum Gasteiger partial charge on any atom is 0.317 e. The van der Waals surface area contributed by atoms with Crippen LogP contribution in [0.25, 0.3) is 0 Å². The average molecular weight is 334 g/mol. The maximum atomic E-state index is 12.8. The van der Waals surface area contributed by atoms with E-state index in [1.165, 1.54) is 11.1 Å². The van der Waals surface area contributed by atoms with Crippen molar-refractivity contribution >= 4 is 6.03 Å². The molecule has 2 unspecified atom stereocenters. The number of hydrogen-bond acceptors (Lipinski definition) is 1. The predicted molar refractivity (Wildman–Crippen MR) is 101 cm³/mol. The Morgan fingerprint density at radius 1 is 1.08 bits per heavy atom. The quantitative estimate of drug-likeness (QED) is 0.891. The van der Waals surface area contributed by atoms with E-state index < -0.39 is 0 Å². The second-order valence-electron chi connectivity index (χ2n) is 7.76. The van der Waals surface area contributed by atoms with Gasteiger partial charge in [0.1, 0.15) is 0 Å². The van der Waals surface area contributed by atoms with Crippen LogP contribution in [0.2, 0.25) is 0 Å². The summed E-state index contributed by atoms with van der Waals surface area (Å²) in [6.07, 6.45) is 3.25. The first-order chi connectivity index (χ1) is 12.2. The number of likely N-dealkylation sites (tertiary alicyclic amines) is 1. The zero-order valence-electron chi connectivity index (χ0n) is 14.8. The molecule has 2 aromatic rings. The third kappa shape index (κ3) is 3.41. The Morgan fingerprint density at radius 3 is 2.48 bits per heavy atom. The number of carbonyl (C=O) groups excluding carboxylic acids is 1. The van der Waals surface area contributed by atoms with Gasteiger partial charge in [0.15, 0.2) is 0 Å². The van der Waals surface area contributed by atoms with Crippen LogP contribution in [0.15, 0.2) is 60.7 Å². The van der Waals surface area contributed by atoms with Crippen LogP contribution in [-0.2, 0) is 5.41 Å². The van der Waals surface area contributed by atoms with Gasteiger partial charge in [-0.15, -0.1) is 0 Å². The minimum atomic E-state index is 0.0548. The highest BCUT2D eigenvalue weighted by molar-refractivity contribution is 5.75. The van der Waals surface area contributed by atoms with Crippen LogP contribution in [0.1, 0.15) is 43.2 Å². The molecule has 0 radical (unpaired) electrons. The van der Waals surface area contributed by atoms with Crippen molar-refractivity contribution in [1.29, 1.82) is 0 Å². The summed E-state index contributed by atoms with van der Waals surface area (Å²) in [4.78, 5) is 14.8. The molecule has 3 atom stereocenters. The highest BCUT2D eigenvalue weighted by atomic mass is 16.2. The zero-order chi connectivity index (χ0) is 17.3. The molecule has 130 valence electrons. The Balaban J connectivity index is 1.38. The Labute approximate surface area is 150 Å². The van der Waals surface area contributed by atoms with E-state index in [-0.39, 0.29) is 11.4 Å². The predicted octanol–water partition coefficient (Wildman–Crippen LogP) is 4.31. The van der Waals surface area contributed by atoms with E-state index in [4.69, 9.17) is 0 Å². The minimum Gasteiger partial charge on any atom is -0.335 e. The number of urea groups is 1. The van der Waals surface area contributed by atoms with Crippen LogP contribution in [-0.4, -0.2) is 30.1 Å². The van der Waals surface area contributed by atoms with Crippen molar-refractivity contribution < 1.29 is 4.79 Å². The van der Waals surface area contributed by atoms with Crippen LogP contribution in [0, 0.1) is 0 Å². The van der Waals surface area contributed by atoms with Crippen molar-refractivity contribution in [3.8, 4) is 0 Å². The Morgan fingerprint density at radius 2 is 1.76 bits per heavy atom. The summed E-state index contributed by atoms with van der Waals surface area (Å²) in [6.45, 7) is 3.94. The van der Waals surface area contributed by atoms with Crippen molar-refractivity contribution in [2.45, 2.75) is 43.6 Å². The number of hydrogen-bond donors (Lipinski definition) is 1. The molecule has 2 amide bonds. The molecule has 3 heteroatoms. The van der Waals surface area contributed by atoms with Gasteiger partial charge in [0, 0.05) is 30.5 Å². The third-order valence-corrected chi connectivity index (χ3v) is 5.78. The van der Waals surface area contributed by atoms with E-state index >= 15 is 0 Å². The van der Waals surface area contributed by atoms with Gasteiger partial charge in [-0.1, -0.05) is 67.6 Å². The van der Waals surface area contributed by atoms with Crippen molar-refractivity contribution in [2.75, 3.05) is 13.1 Å². The topological polar surface area (TPSA) is 32.3 Å². The minimum absolute atomic E-state index is 0.0548. The SMILES string of the molecule is CC1(c2ccccc2)CCCN(C(=O)NC2C[C@@H]2c2ccccc2)C1. The first-order valence-electron chi connectivity index (χ1n) is 9.32. The first kappa shape index (κ1) is 16.2. The van der Waals surface area contributed by atoms with Crippen molar-refractivity contribution in [2.24, 2.45) is 0 Å². The summed E-state index contributed by atoms with van der Waals surface area (Å²) in [5.41, 5.74) is 2.72. The van der Waals surface area contributed by atoms with Crippen LogP contribution < -0.4 is 5.32 Å². The third-order valence-electron chi connectivity index (χ3n) is 5.78. The molecule has 2 fully saturated rings. The summed E-state index contributed by atoms with van der Waals surface area (Å²) in [5.74, 6) is 0.482. The second kappa shape index (κ2) is 6.55. The molecule has 2 aromatic carbocycles. The fraction of sp³-hybridized carbons (Fsp3) is 0.409. The highest BCUT2D eigenvalue weighted by Gasteiger charge is 2.41. The van der Waals surface area contributed by atoms with Gasteiger partial charge in [-0.3, -0.25) is 0 Å².